The molecule has 0 radical (unpaired) electrons. The lowest BCUT2D eigenvalue weighted by Crippen LogP contribution is -2.30. The zero-order valence-corrected chi connectivity index (χ0v) is 42.7. The molecule has 0 aliphatic carbocycles. The fourth-order valence-corrected chi connectivity index (χ4v) is 7.60. The first-order chi connectivity index (χ1) is 32.0. The summed E-state index contributed by atoms with van der Waals surface area (Å²) >= 11 is 0. The van der Waals surface area contributed by atoms with Crippen LogP contribution in [0.3, 0.4) is 0 Å². The lowest BCUT2D eigenvalue weighted by atomic mass is 10.0. The smallest absolute Gasteiger partial charge is 0.306 e. The number of hydrogen-bond donors (Lipinski definition) is 0. The number of esters is 3. The third-order valence-electron chi connectivity index (χ3n) is 11.7. The van der Waals surface area contributed by atoms with Crippen molar-refractivity contribution < 1.29 is 28.6 Å². The Hall–Kier alpha value is -3.15. The summed E-state index contributed by atoms with van der Waals surface area (Å²) in [6.07, 6.45) is 67.6. The van der Waals surface area contributed by atoms with E-state index in [-0.39, 0.29) is 37.5 Å². The molecule has 0 aliphatic heterocycles. The molecule has 0 aliphatic rings. The van der Waals surface area contributed by atoms with Gasteiger partial charge in [0.05, 0.1) is 0 Å². The standard InChI is InChI=1S/C59H102O6/c1-4-7-10-13-16-19-22-25-28-31-34-37-40-43-46-49-52-58(61)64-55-56(54-63-57(60)51-48-45-42-39-36-33-30-27-24-21-18-15-12-9-6-3)65-59(62)53-50-47-44-41-38-35-32-29-26-23-20-17-14-11-8-5-2/h7,10,16,19,25,28-29,32,34,37,43,46,56H,4-6,8-9,11-15,17-18,20-24,26-27,30-31,33,35-36,38-42,44-45,47-55H2,1-3H3/b10-7-,19-16-,28-25-,32-29-,37-34-,46-43-. The number of hydrogen-bond acceptors (Lipinski definition) is 6. The van der Waals surface area contributed by atoms with Crippen molar-refractivity contribution in [1.82, 2.24) is 0 Å². The zero-order chi connectivity index (χ0) is 47.2. The number of carbonyl (C=O) groups excluding carboxylic acids is 3. The van der Waals surface area contributed by atoms with Crippen molar-refractivity contribution in [2.75, 3.05) is 13.2 Å². The van der Waals surface area contributed by atoms with E-state index in [1.54, 1.807) is 0 Å². The van der Waals surface area contributed by atoms with Gasteiger partial charge < -0.3 is 14.2 Å². The Morgan fingerprint density at radius 3 is 1.03 bits per heavy atom. The average Bonchev–Trinajstić information content (AvgIpc) is 3.30. The minimum absolute atomic E-state index is 0.0994. The molecule has 0 N–H and O–H groups in total. The predicted molar refractivity (Wildman–Crippen MR) is 279 cm³/mol. The number of rotatable bonds is 49. The van der Waals surface area contributed by atoms with Gasteiger partial charge in [-0.1, -0.05) is 241 Å². The van der Waals surface area contributed by atoms with E-state index in [1.807, 2.05) is 6.08 Å². The second-order valence-electron chi connectivity index (χ2n) is 18.1. The normalized spacial score (nSPS) is 12.6. The summed E-state index contributed by atoms with van der Waals surface area (Å²) in [6, 6.07) is 0. The molecule has 1 unspecified atom stereocenters. The maximum atomic E-state index is 12.8. The van der Waals surface area contributed by atoms with Crippen LogP contribution in [0.25, 0.3) is 0 Å². The molecule has 0 saturated heterocycles. The second kappa shape index (κ2) is 53.5. The van der Waals surface area contributed by atoms with E-state index < -0.39 is 6.10 Å². The fourth-order valence-electron chi connectivity index (χ4n) is 7.60. The molecule has 0 aromatic heterocycles. The first-order valence-electron chi connectivity index (χ1n) is 27.4. The van der Waals surface area contributed by atoms with Crippen molar-refractivity contribution in [3.05, 3.63) is 72.9 Å². The van der Waals surface area contributed by atoms with Crippen LogP contribution in [0.5, 0.6) is 0 Å². The first kappa shape index (κ1) is 61.9. The highest BCUT2D eigenvalue weighted by molar-refractivity contribution is 5.71. The quantitative estimate of drug-likeness (QED) is 0.0262. The van der Waals surface area contributed by atoms with Crippen molar-refractivity contribution in [3.63, 3.8) is 0 Å². The molecule has 6 heteroatoms. The van der Waals surface area contributed by atoms with Crippen molar-refractivity contribution in [2.45, 2.75) is 271 Å². The van der Waals surface area contributed by atoms with Gasteiger partial charge in [-0.25, -0.2) is 0 Å². The third-order valence-corrected chi connectivity index (χ3v) is 11.7. The Morgan fingerprint density at radius 1 is 0.323 bits per heavy atom. The molecular formula is C59H102O6. The van der Waals surface area contributed by atoms with Gasteiger partial charge in [-0.15, -0.1) is 0 Å². The fraction of sp³-hybridized carbons (Fsp3) is 0.746. The Bertz CT molecular complexity index is 1230. The van der Waals surface area contributed by atoms with Crippen LogP contribution in [-0.4, -0.2) is 37.2 Å². The van der Waals surface area contributed by atoms with Crippen LogP contribution in [0.4, 0.5) is 0 Å². The van der Waals surface area contributed by atoms with Crippen molar-refractivity contribution in [3.8, 4) is 0 Å². The van der Waals surface area contributed by atoms with E-state index in [0.717, 1.165) is 83.5 Å². The Kier molecular flexibility index (Phi) is 50.9. The first-order valence-corrected chi connectivity index (χ1v) is 27.4. The van der Waals surface area contributed by atoms with E-state index in [1.165, 1.54) is 135 Å². The molecule has 65 heavy (non-hydrogen) atoms. The highest BCUT2D eigenvalue weighted by atomic mass is 16.6. The van der Waals surface area contributed by atoms with E-state index in [2.05, 4.69) is 87.6 Å². The summed E-state index contributed by atoms with van der Waals surface area (Å²) in [7, 11) is 0. The zero-order valence-electron chi connectivity index (χ0n) is 42.7. The van der Waals surface area contributed by atoms with Gasteiger partial charge in [0, 0.05) is 19.3 Å². The molecule has 0 bridgehead atoms. The van der Waals surface area contributed by atoms with E-state index >= 15 is 0 Å². The van der Waals surface area contributed by atoms with Gasteiger partial charge in [-0.05, 0) is 77.0 Å². The topological polar surface area (TPSA) is 78.9 Å². The van der Waals surface area contributed by atoms with Gasteiger partial charge >= 0.3 is 17.9 Å². The second-order valence-corrected chi connectivity index (χ2v) is 18.1. The number of allylic oxidation sites excluding steroid dienone is 12. The predicted octanol–water partition coefficient (Wildman–Crippen LogP) is 18.2. The van der Waals surface area contributed by atoms with Crippen LogP contribution in [-0.2, 0) is 28.6 Å². The summed E-state index contributed by atoms with van der Waals surface area (Å²) in [5, 5.41) is 0. The monoisotopic (exact) mass is 907 g/mol. The van der Waals surface area contributed by atoms with E-state index in [4.69, 9.17) is 14.2 Å². The van der Waals surface area contributed by atoms with Crippen LogP contribution in [0.15, 0.2) is 72.9 Å². The highest BCUT2D eigenvalue weighted by Gasteiger charge is 2.19. The molecule has 0 aromatic carbocycles. The summed E-state index contributed by atoms with van der Waals surface area (Å²) in [6.45, 7) is 6.47. The number of unbranched alkanes of at least 4 members (excludes halogenated alkanes) is 26. The largest absolute Gasteiger partial charge is 0.462 e. The van der Waals surface area contributed by atoms with Gasteiger partial charge in [-0.3, -0.25) is 14.4 Å². The average molecular weight is 907 g/mol. The number of carbonyl (C=O) groups is 3. The van der Waals surface area contributed by atoms with Crippen LogP contribution in [0.1, 0.15) is 265 Å². The minimum Gasteiger partial charge on any atom is -0.462 e. The van der Waals surface area contributed by atoms with Crippen LogP contribution >= 0.6 is 0 Å². The molecule has 6 nitrogen and oxygen atoms in total. The Morgan fingerprint density at radius 2 is 0.631 bits per heavy atom. The van der Waals surface area contributed by atoms with Gasteiger partial charge in [0.15, 0.2) is 6.10 Å². The molecule has 0 heterocycles. The molecule has 0 aromatic rings. The molecule has 0 spiro atoms. The van der Waals surface area contributed by atoms with Crippen molar-refractivity contribution in [2.24, 2.45) is 0 Å². The lowest BCUT2D eigenvalue weighted by Gasteiger charge is -2.18. The Labute approximate surface area is 402 Å². The van der Waals surface area contributed by atoms with Gasteiger partial charge in [0.2, 0.25) is 0 Å². The Balaban J connectivity index is 4.48. The molecule has 0 fully saturated rings. The summed E-state index contributed by atoms with van der Waals surface area (Å²) < 4.78 is 16.8. The molecular weight excluding hydrogens is 805 g/mol. The SMILES string of the molecule is CC/C=C\C/C=C\C/C=C\C/C=C\C/C=C\CCC(=O)OCC(COC(=O)CCCCCCCCCCCCCCCCC)OC(=O)CCCCCCC/C=C\CCCCCCCCC. The van der Waals surface area contributed by atoms with Crippen molar-refractivity contribution >= 4 is 17.9 Å². The molecule has 0 amide bonds. The maximum absolute atomic E-state index is 12.8. The minimum atomic E-state index is -0.807. The number of ether oxygens (including phenoxy) is 3. The van der Waals surface area contributed by atoms with Gasteiger partial charge in [0.1, 0.15) is 13.2 Å². The van der Waals surface area contributed by atoms with E-state index in [0.29, 0.717) is 19.3 Å². The van der Waals surface area contributed by atoms with Gasteiger partial charge in [0.25, 0.3) is 0 Å². The molecule has 1 atom stereocenters. The van der Waals surface area contributed by atoms with Crippen LogP contribution in [0, 0.1) is 0 Å². The molecule has 0 rings (SSSR count). The summed E-state index contributed by atoms with van der Waals surface area (Å²) in [4.78, 5) is 38.0. The van der Waals surface area contributed by atoms with E-state index in [9.17, 15) is 14.4 Å². The van der Waals surface area contributed by atoms with Crippen LogP contribution < -0.4 is 0 Å². The summed E-state index contributed by atoms with van der Waals surface area (Å²) in [5.41, 5.74) is 0. The lowest BCUT2D eigenvalue weighted by molar-refractivity contribution is -0.166. The van der Waals surface area contributed by atoms with Gasteiger partial charge in [-0.2, -0.15) is 0 Å². The van der Waals surface area contributed by atoms with Crippen molar-refractivity contribution in [1.29, 1.82) is 0 Å². The van der Waals surface area contributed by atoms with Crippen LogP contribution in [0.2, 0.25) is 0 Å². The third kappa shape index (κ3) is 51.7. The highest BCUT2D eigenvalue weighted by Crippen LogP contribution is 2.15. The maximum Gasteiger partial charge on any atom is 0.306 e. The molecule has 374 valence electrons. The molecule has 0 saturated carbocycles. The summed E-state index contributed by atoms with van der Waals surface area (Å²) in [5.74, 6) is -0.988.